The highest BCUT2D eigenvalue weighted by Gasteiger charge is 2.47. The number of hydrogen-bond donors (Lipinski definition) is 1. The number of rotatable bonds is 3. The summed E-state index contributed by atoms with van der Waals surface area (Å²) in [6, 6.07) is 8.40. The molecule has 8 heteroatoms. The van der Waals surface area contributed by atoms with E-state index in [1.807, 2.05) is 26.7 Å². The molecule has 1 N–H and O–H groups in total. The molecule has 4 nitrogen and oxygen atoms in total. The molecule has 1 fully saturated rings. The topological polar surface area (TPSA) is 35.6 Å². The summed E-state index contributed by atoms with van der Waals surface area (Å²) in [5, 5.41) is 2.69. The molecule has 180 valence electrons. The van der Waals surface area contributed by atoms with Crippen molar-refractivity contribution in [3.8, 4) is 11.5 Å². The van der Waals surface area contributed by atoms with Gasteiger partial charge in [-0.25, -0.2) is 13.2 Å². The van der Waals surface area contributed by atoms with E-state index in [-0.39, 0.29) is 29.2 Å². The summed E-state index contributed by atoms with van der Waals surface area (Å²) in [5.41, 5.74) is 4.36. The van der Waals surface area contributed by atoms with Crippen LogP contribution in [0.3, 0.4) is 0 Å². The van der Waals surface area contributed by atoms with Crippen LogP contribution in [0.4, 0.5) is 18.9 Å². The minimum atomic E-state index is -2.96. The van der Waals surface area contributed by atoms with Gasteiger partial charge in [-0.1, -0.05) is 31.6 Å². The van der Waals surface area contributed by atoms with Crippen LogP contribution >= 0.6 is 0 Å². The van der Waals surface area contributed by atoms with E-state index in [2.05, 4.69) is 26.6 Å². The lowest BCUT2D eigenvalue weighted by Gasteiger charge is -2.36. The summed E-state index contributed by atoms with van der Waals surface area (Å²) in [4.78, 5) is 17.1. The molecule has 1 atom stereocenters. The summed E-state index contributed by atoms with van der Waals surface area (Å²) < 4.78 is 44.0. The second-order valence-electron chi connectivity index (χ2n) is 10.2. The first kappa shape index (κ1) is 24.5. The van der Waals surface area contributed by atoms with Gasteiger partial charge in [0, 0.05) is 55.5 Å². The van der Waals surface area contributed by atoms with Crippen molar-refractivity contribution in [1.82, 2.24) is 9.80 Å². The van der Waals surface area contributed by atoms with Crippen LogP contribution in [0.5, 0.6) is 0 Å². The van der Waals surface area contributed by atoms with E-state index in [1.54, 1.807) is 12.1 Å². The van der Waals surface area contributed by atoms with Crippen molar-refractivity contribution in [2.75, 3.05) is 38.5 Å². The molecule has 1 aliphatic carbocycles. The van der Waals surface area contributed by atoms with E-state index in [9.17, 15) is 18.0 Å². The van der Waals surface area contributed by atoms with Gasteiger partial charge in [-0.05, 0) is 42.9 Å². The van der Waals surface area contributed by atoms with Crippen molar-refractivity contribution in [3.63, 3.8) is 0 Å². The molecule has 0 radical (unpaired) electrons. The van der Waals surface area contributed by atoms with E-state index < -0.39 is 25.7 Å². The van der Waals surface area contributed by atoms with E-state index in [4.69, 9.17) is 0 Å². The SMILES string of the molecule is CN1CCN([C@H]2CC(F)(F)c3cc(NC(=O)c4ccc(F)c(C#C[Si](C)(C)C)c4)ccc32)CC1. The lowest BCUT2D eigenvalue weighted by Crippen LogP contribution is -2.45. The molecule has 2 aromatic rings. The minimum absolute atomic E-state index is 0.0324. The highest BCUT2D eigenvalue weighted by atomic mass is 28.3. The molecule has 1 saturated heterocycles. The molecule has 1 amide bonds. The first-order chi connectivity index (χ1) is 15.9. The standard InChI is InChI=1S/C26H30F3N3OSi/c1-31-10-12-32(13-11-31)24-17-26(28,29)22-16-20(6-7-21(22)24)30-25(33)19-5-8-23(27)18(15-19)9-14-34(2,3)4/h5-8,15-16,24H,10-13,17H2,1-4H3,(H,30,33)/t24-/m0/s1. The number of amides is 1. The largest absolute Gasteiger partial charge is 0.322 e. The number of halogens is 3. The monoisotopic (exact) mass is 485 g/mol. The number of alkyl halides is 2. The molecule has 4 rings (SSSR count). The Morgan fingerprint density at radius 3 is 2.47 bits per heavy atom. The lowest BCUT2D eigenvalue weighted by atomic mass is 10.0. The molecular formula is C26H30F3N3OSi. The Balaban J connectivity index is 1.54. The van der Waals surface area contributed by atoms with Crippen LogP contribution in [0.25, 0.3) is 0 Å². The zero-order chi connectivity index (χ0) is 24.7. The van der Waals surface area contributed by atoms with Gasteiger partial charge in [0.1, 0.15) is 13.9 Å². The second-order valence-corrected chi connectivity index (χ2v) is 15.0. The number of carbonyl (C=O) groups excluding carboxylic acids is 1. The predicted octanol–water partition coefficient (Wildman–Crippen LogP) is 5.09. The molecule has 0 spiro atoms. The van der Waals surface area contributed by atoms with Gasteiger partial charge in [-0.2, -0.15) is 0 Å². The summed E-state index contributed by atoms with van der Waals surface area (Å²) in [6.45, 7) is 9.36. The molecule has 2 aromatic carbocycles. The quantitative estimate of drug-likeness (QED) is 0.486. The Labute approximate surface area is 200 Å². The molecule has 1 heterocycles. The van der Waals surface area contributed by atoms with Crippen molar-refractivity contribution in [2.45, 2.75) is 38.0 Å². The van der Waals surface area contributed by atoms with Gasteiger partial charge in [0.2, 0.25) is 0 Å². The van der Waals surface area contributed by atoms with Gasteiger partial charge in [0.05, 0.1) is 5.56 Å². The van der Waals surface area contributed by atoms with Crippen LogP contribution in [-0.2, 0) is 5.92 Å². The van der Waals surface area contributed by atoms with Gasteiger partial charge < -0.3 is 10.2 Å². The zero-order valence-electron chi connectivity index (χ0n) is 20.0. The number of likely N-dealkylation sites (N-methyl/N-ethyl adjacent to an activating group) is 1. The van der Waals surface area contributed by atoms with Gasteiger partial charge in [0.25, 0.3) is 11.8 Å². The number of piperazine rings is 1. The summed E-state index contributed by atoms with van der Waals surface area (Å²) in [7, 11) is 0.315. The fourth-order valence-corrected chi connectivity index (χ4v) is 4.89. The van der Waals surface area contributed by atoms with Crippen molar-refractivity contribution in [1.29, 1.82) is 0 Å². The summed E-state index contributed by atoms with van der Waals surface area (Å²) in [6.07, 6.45) is -0.249. The predicted molar refractivity (Wildman–Crippen MR) is 131 cm³/mol. The number of carbonyl (C=O) groups is 1. The van der Waals surface area contributed by atoms with E-state index in [0.717, 1.165) is 26.2 Å². The fourth-order valence-electron chi connectivity index (χ4n) is 4.38. The highest BCUT2D eigenvalue weighted by molar-refractivity contribution is 6.83. The van der Waals surface area contributed by atoms with Gasteiger partial charge in [-0.3, -0.25) is 9.69 Å². The Bertz CT molecular complexity index is 1160. The Kier molecular flexibility index (Phi) is 6.64. The Hall–Kier alpha value is -2.60. The van der Waals surface area contributed by atoms with Gasteiger partial charge in [0.15, 0.2) is 0 Å². The number of fused-ring (bicyclic) bond motifs is 1. The molecule has 2 aliphatic rings. The number of nitrogens with one attached hydrogen (secondary N) is 1. The molecule has 0 unspecified atom stereocenters. The van der Waals surface area contributed by atoms with Crippen LogP contribution in [0.1, 0.15) is 39.5 Å². The van der Waals surface area contributed by atoms with E-state index >= 15 is 0 Å². The van der Waals surface area contributed by atoms with Crippen LogP contribution in [0.2, 0.25) is 19.6 Å². The van der Waals surface area contributed by atoms with Crippen molar-refractivity contribution in [2.24, 2.45) is 0 Å². The Morgan fingerprint density at radius 2 is 1.79 bits per heavy atom. The molecule has 34 heavy (non-hydrogen) atoms. The van der Waals surface area contributed by atoms with Crippen molar-refractivity contribution >= 4 is 19.7 Å². The van der Waals surface area contributed by atoms with Crippen LogP contribution in [0, 0.1) is 17.3 Å². The van der Waals surface area contributed by atoms with Crippen LogP contribution < -0.4 is 5.32 Å². The molecule has 1 aliphatic heterocycles. The average Bonchev–Trinajstić information content (AvgIpc) is 3.03. The van der Waals surface area contributed by atoms with Gasteiger partial charge in [-0.15, -0.1) is 5.54 Å². The number of nitrogens with zero attached hydrogens (tertiary/aromatic N) is 2. The summed E-state index contributed by atoms with van der Waals surface area (Å²) in [5.74, 6) is -1.10. The third-order valence-electron chi connectivity index (χ3n) is 6.29. The maximum atomic E-state index is 14.9. The van der Waals surface area contributed by atoms with Crippen molar-refractivity contribution in [3.05, 3.63) is 64.5 Å². The second kappa shape index (κ2) is 9.21. The van der Waals surface area contributed by atoms with Crippen LogP contribution in [-0.4, -0.2) is 57.0 Å². The first-order valence-electron chi connectivity index (χ1n) is 11.5. The molecular weight excluding hydrogens is 455 g/mol. The smallest absolute Gasteiger partial charge is 0.275 e. The minimum Gasteiger partial charge on any atom is -0.322 e. The average molecular weight is 486 g/mol. The van der Waals surface area contributed by atoms with E-state index in [0.29, 0.717) is 11.3 Å². The summed E-state index contributed by atoms with van der Waals surface area (Å²) >= 11 is 0. The van der Waals surface area contributed by atoms with Crippen molar-refractivity contribution < 1.29 is 18.0 Å². The third kappa shape index (κ3) is 5.38. The molecule has 0 saturated carbocycles. The zero-order valence-corrected chi connectivity index (χ0v) is 21.0. The first-order valence-corrected chi connectivity index (χ1v) is 15.0. The molecule has 0 bridgehead atoms. The maximum absolute atomic E-state index is 14.9. The lowest BCUT2D eigenvalue weighted by molar-refractivity contribution is -0.0257. The highest BCUT2D eigenvalue weighted by Crippen LogP contribution is 2.50. The van der Waals surface area contributed by atoms with Gasteiger partial charge >= 0.3 is 0 Å². The molecule has 0 aromatic heterocycles. The maximum Gasteiger partial charge on any atom is 0.275 e. The van der Waals surface area contributed by atoms with Crippen LogP contribution in [0.15, 0.2) is 36.4 Å². The number of anilines is 1. The number of benzene rings is 2. The normalized spacial score (nSPS) is 20.4. The van der Waals surface area contributed by atoms with E-state index in [1.165, 1.54) is 24.3 Å². The fraction of sp³-hybridized carbons (Fsp3) is 0.423. The Morgan fingerprint density at radius 1 is 1.09 bits per heavy atom. The third-order valence-corrected chi connectivity index (χ3v) is 7.17. The number of hydrogen-bond acceptors (Lipinski definition) is 3.